The van der Waals surface area contributed by atoms with Gasteiger partial charge in [0.1, 0.15) is 49.8 Å². The number of rotatable bonds is 21. The van der Waals surface area contributed by atoms with Crippen molar-refractivity contribution in [2.75, 3.05) is 19.8 Å². The second kappa shape index (κ2) is 30.0. The molecule has 30 heteroatoms. The van der Waals surface area contributed by atoms with E-state index in [9.17, 15) is 33.6 Å². The molecule has 0 bridgehead atoms. The number of benzene rings is 2. The molecule has 3 aliphatic heterocycles. The van der Waals surface area contributed by atoms with Gasteiger partial charge in [-0.2, -0.15) is 0 Å². The van der Waals surface area contributed by atoms with Crippen LogP contribution in [0.4, 0.5) is 4.79 Å². The molecule has 79 heavy (non-hydrogen) atoms. The first-order chi connectivity index (χ1) is 37.1. The van der Waals surface area contributed by atoms with E-state index in [0.29, 0.717) is 11.1 Å². The summed E-state index contributed by atoms with van der Waals surface area (Å²) in [6.07, 6.45) is -25.1. The van der Waals surface area contributed by atoms with Crippen molar-refractivity contribution in [3.05, 3.63) is 71.8 Å². The first-order valence-corrected chi connectivity index (χ1v) is 26.2. The van der Waals surface area contributed by atoms with E-state index >= 15 is 0 Å². The number of halogens is 6. The van der Waals surface area contributed by atoms with Gasteiger partial charge in [-0.3, -0.25) is 34.2 Å². The van der Waals surface area contributed by atoms with Crippen molar-refractivity contribution in [2.45, 2.75) is 161 Å². The molecule has 2 aromatic rings. The average Bonchev–Trinajstić information content (AvgIpc) is 3.36. The largest absolute Gasteiger partial charge is 0.463 e. The van der Waals surface area contributed by atoms with Crippen molar-refractivity contribution in [1.29, 1.82) is 5.41 Å². The molecule has 15 atom stereocenters. The van der Waals surface area contributed by atoms with Crippen molar-refractivity contribution in [3.63, 3.8) is 0 Å². The number of alkyl carbamates (subject to hydrolysis) is 1. The minimum Gasteiger partial charge on any atom is -0.463 e. The number of hydrogen-bond donors (Lipinski definition) is 2. The Morgan fingerprint density at radius 2 is 0.987 bits per heavy atom. The van der Waals surface area contributed by atoms with Crippen molar-refractivity contribution < 1.29 is 105 Å². The van der Waals surface area contributed by atoms with E-state index < -0.39 is 167 Å². The number of amides is 1. The topological polar surface area (TPSA) is 294 Å². The first-order valence-electron chi connectivity index (χ1n) is 24.0. The summed E-state index contributed by atoms with van der Waals surface area (Å²) in [6.45, 7) is 5.36. The van der Waals surface area contributed by atoms with Crippen molar-refractivity contribution >= 4 is 117 Å². The minimum atomic E-state index is -2.59. The molecule has 0 saturated carbocycles. The fourth-order valence-electron chi connectivity index (χ4n) is 8.31. The molecule has 1 amide bonds. The van der Waals surface area contributed by atoms with Gasteiger partial charge in [0.15, 0.2) is 43.1 Å². The minimum absolute atomic E-state index is 0.0984. The number of carbonyl (C=O) groups is 7. The van der Waals surface area contributed by atoms with Gasteiger partial charge >= 0.3 is 41.9 Å². The van der Waals surface area contributed by atoms with Crippen LogP contribution in [0.25, 0.3) is 0 Å². The van der Waals surface area contributed by atoms with Gasteiger partial charge in [-0.25, -0.2) is 4.79 Å². The molecule has 2 N–H and O–H groups in total. The van der Waals surface area contributed by atoms with Crippen molar-refractivity contribution in [1.82, 2.24) is 5.32 Å². The molecule has 5 rings (SSSR count). The van der Waals surface area contributed by atoms with E-state index in [1.54, 1.807) is 60.7 Å². The number of alkyl halides is 6. The van der Waals surface area contributed by atoms with Gasteiger partial charge in [0.25, 0.3) is 3.79 Å². The van der Waals surface area contributed by atoms with Gasteiger partial charge in [-0.15, -0.1) is 0 Å². The Hall–Kier alpha value is -4.54. The van der Waals surface area contributed by atoms with Crippen LogP contribution in [0.1, 0.15) is 59.6 Å². The van der Waals surface area contributed by atoms with Crippen LogP contribution in [0, 0.1) is 5.41 Å². The van der Waals surface area contributed by atoms with E-state index in [4.69, 9.17) is 146 Å². The summed E-state index contributed by atoms with van der Waals surface area (Å²) in [5.74, 6) is -6.47. The molecule has 2 aromatic carbocycles. The summed E-state index contributed by atoms with van der Waals surface area (Å²) in [6, 6.07) is 15.5. The zero-order valence-electron chi connectivity index (χ0n) is 43.2. The third-order valence-corrected chi connectivity index (χ3v) is 12.2. The standard InChI is InChI=1S/C49H58Cl6N2O22/c1-23-35(70-25(3)59)39(72-27(5)61)41(67-19-31-16-12-9-13-17-31)44(69-23)78-38-34(57-47(64)68-22-48(50,51)52)43(79-46(56)49(53,54)55)75-32(20-65-18-30-14-10-8-11-15-30)36(38)77-45-42(74-29(7)63)40(73-28(6)62)37(71-26(4)60)33(76-45)21-66-24(2)58/h8-17,23,32-45,56H,18-22H2,1-7H3,(H,57,64)/t23-,32+,33+,34+,35+,36+,37-,38+,39+,40-,41-,42+,43-,44-,45-/m0/s1. The number of esters is 6. The van der Waals surface area contributed by atoms with Gasteiger partial charge < -0.3 is 76.4 Å². The predicted molar refractivity (Wildman–Crippen MR) is 275 cm³/mol. The molecule has 3 heterocycles. The van der Waals surface area contributed by atoms with Crippen LogP contribution in [0.15, 0.2) is 60.7 Å². The van der Waals surface area contributed by atoms with E-state index in [2.05, 4.69) is 5.32 Å². The third-order valence-electron chi connectivity index (χ3n) is 11.3. The van der Waals surface area contributed by atoms with Crippen LogP contribution in [-0.2, 0) is 113 Å². The van der Waals surface area contributed by atoms with E-state index in [-0.39, 0.29) is 13.2 Å². The van der Waals surface area contributed by atoms with Gasteiger partial charge in [-0.1, -0.05) is 130 Å². The van der Waals surface area contributed by atoms with Crippen molar-refractivity contribution in [3.8, 4) is 0 Å². The molecule has 438 valence electrons. The normalized spacial score (nSPS) is 28.9. The fourth-order valence-corrected chi connectivity index (χ4v) is 8.60. The molecule has 3 fully saturated rings. The number of nitrogens with one attached hydrogen (secondary N) is 2. The summed E-state index contributed by atoms with van der Waals surface area (Å²) in [7, 11) is 0. The molecule has 24 nitrogen and oxygen atoms in total. The first kappa shape index (κ1) is 65.3. The zero-order chi connectivity index (χ0) is 58.4. The predicted octanol–water partition coefficient (Wildman–Crippen LogP) is 5.80. The summed E-state index contributed by atoms with van der Waals surface area (Å²) >= 11 is 36.3. The Morgan fingerprint density at radius 1 is 0.519 bits per heavy atom. The van der Waals surface area contributed by atoms with Crippen LogP contribution >= 0.6 is 69.6 Å². The number of hydrogen-bond acceptors (Lipinski definition) is 23. The van der Waals surface area contributed by atoms with E-state index in [1.807, 2.05) is 0 Å². The third kappa shape index (κ3) is 20.4. The maximum atomic E-state index is 14.0. The lowest BCUT2D eigenvalue weighted by Crippen LogP contribution is -2.71. The number of ether oxygens (including phenoxy) is 15. The zero-order valence-corrected chi connectivity index (χ0v) is 47.8. The molecule has 0 radical (unpaired) electrons. The molecule has 0 spiro atoms. The van der Waals surface area contributed by atoms with Gasteiger partial charge in [0, 0.05) is 41.5 Å². The molecular formula is C49H58Cl6N2O22. The highest BCUT2D eigenvalue weighted by Gasteiger charge is 2.59. The maximum absolute atomic E-state index is 14.0. The quantitative estimate of drug-likeness (QED) is 0.0490. The van der Waals surface area contributed by atoms with Crippen LogP contribution in [0.2, 0.25) is 0 Å². The SMILES string of the molecule is CC(=O)OC[C@H]1O[C@@H](O[C@H]2[C@H](O[C@@H]3O[C@@H](C)[C@@H](OC(C)=O)[C@@H](OC(C)=O)[C@@H]3OCc3ccccc3)[C@@H](NC(=O)OCC(Cl)(Cl)Cl)[C@H](OC(=N)C(Cl)(Cl)Cl)O[C@@H]2COCc2ccccc2)[C@H](OC(C)=O)[C@@H](OC(C)=O)[C@H]1OC(C)=O. The fraction of sp³-hybridized carbons (Fsp3) is 0.592. The van der Waals surface area contributed by atoms with Crippen LogP contribution in [-0.4, -0.2) is 167 Å². The Morgan fingerprint density at radius 3 is 1.52 bits per heavy atom. The second-order valence-corrected chi connectivity index (χ2v) is 22.5. The smallest absolute Gasteiger partial charge is 0.407 e. The molecule has 0 aliphatic carbocycles. The van der Waals surface area contributed by atoms with Gasteiger partial charge in [-0.05, 0) is 18.1 Å². The lowest BCUT2D eigenvalue weighted by atomic mass is 9.94. The molecule has 0 unspecified atom stereocenters. The second-order valence-electron chi connectivity index (χ2n) is 17.7. The monoisotopic (exact) mass is 1240 g/mol. The molecule has 0 aromatic heterocycles. The Labute approximate surface area is 483 Å². The molecule has 3 aliphatic rings. The van der Waals surface area contributed by atoms with Crippen LogP contribution in [0.5, 0.6) is 0 Å². The Bertz CT molecular complexity index is 2400. The maximum Gasteiger partial charge on any atom is 0.407 e. The Kier molecular flexibility index (Phi) is 24.8. The summed E-state index contributed by atoms with van der Waals surface area (Å²) in [5, 5.41) is 11.2. The average molecular weight is 1240 g/mol. The summed E-state index contributed by atoms with van der Waals surface area (Å²) in [5.41, 5.74) is 1.25. The van der Waals surface area contributed by atoms with Crippen LogP contribution in [0.3, 0.4) is 0 Å². The van der Waals surface area contributed by atoms with Gasteiger partial charge in [0.05, 0.1) is 25.9 Å². The highest BCUT2D eigenvalue weighted by atomic mass is 35.6. The number of carbonyl (C=O) groups excluding carboxylic acids is 7. The summed E-state index contributed by atoms with van der Waals surface area (Å²) < 4.78 is 85.9. The molecule has 3 saturated heterocycles. The lowest BCUT2D eigenvalue weighted by molar-refractivity contribution is -0.373. The summed E-state index contributed by atoms with van der Waals surface area (Å²) in [4.78, 5) is 90.5. The highest BCUT2D eigenvalue weighted by molar-refractivity contribution is 6.76. The molecular weight excluding hydrogens is 1180 g/mol. The van der Waals surface area contributed by atoms with E-state index in [1.165, 1.54) is 6.92 Å². The van der Waals surface area contributed by atoms with Gasteiger partial charge in [0.2, 0.25) is 16.0 Å². The highest BCUT2D eigenvalue weighted by Crippen LogP contribution is 2.39. The van der Waals surface area contributed by atoms with Crippen LogP contribution < -0.4 is 5.32 Å². The van der Waals surface area contributed by atoms with E-state index in [0.717, 1.165) is 41.5 Å². The Balaban J connectivity index is 1.79. The van der Waals surface area contributed by atoms with Crippen molar-refractivity contribution in [2.24, 2.45) is 0 Å². The lowest BCUT2D eigenvalue weighted by Gasteiger charge is -2.51.